The van der Waals surface area contributed by atoms with Gasteiger partial charge in [-0.1, -0.05) is 16.5 Å². The number of nitrogens with one attached hydrogen (secondary N) is 1. The lowest BCUT2D eigenvalue weighted by atomic mass is 10.1. The number of rotatable bonds is 3. The second-order valence-corrected chi connectivity index (χ2v) is 4.95. The highest BCUT2D eigenvalue weighted by atomic mass is 32.1. The van der Waals surface area contributed by atoms with E-state index in [1.807, 2.05) is 6.92 Å². The second-order valence-electron chi connectivity index (χ2n) is 3.99. The third kappa shape index (κ3) is 2.19. The Morgan fingerprint density at radius 3 is 3.05 bits per heavy atom. The molecule has 0 unspecified atom stereocenters. The van der Waals surface area contributed by atoms with Crippen molar-refractivity contribution in [3.05, 3.63) is 23.3 Å². The predicted molar refractivity (Wildman–Crippen MR) is 67.0 cm³/mol. The molecule has 0 aliphatic carbocycles. The second kappa shape index (κ2) is 4.43. The Kier molecular flexibility index (Phi) is 2.75. The summed E-state index contributed by atoms with van der Waals surface area (Å²) in [5, 5.41) is 18.7. The Hall–Kier alpha value is -2.29. The van der Waals surface area contributed by atoms with Crippen molar-refractivity contribution in [1.82, 2.24) is 25.0 Å². The van der Waals surface area contributed by atoms with E-state index >= 15 is 0 Å². The van der Waals surface area contributed by atoms with Crippen LogP contribution >= 0.6 is 11.3 Å². The monoisotopic (exact) mass is 278 g/mol. The minimum absolute atomic E-state index is 0.167. The molecule has 0 spiro atoms. The highest BCUT2D eigenvalue weighted by Crippen LogP contribution is 2.18. The Bertz CT molecular complexity index is 694. The third-order valence-corrected chi connectivity index (χ3v) is 3.48. The SMILES string of the molecule is Cc1noc(C)c1CC(=O)Nc1nn2cnnc2s1. The van der Waals surface area contributed by atoms with Crippen LogP contribution in [0, 0.1) is 13.8 Å². The summed E-state index contributed by atoms with van der Waals surface area (Å²) in [5.74, 6) is 0.491. The van der Waals surface area contributed by atoms with Gasteiger partial charge in [0.15, 0.2) is 0 Å². The van der Waals surface area contributed by atoms with E-state index in [0.29, 0.717) is 15.9 Å². The highest BCUT2D eigenvalue weighted by molar-refractivity contribution is 7.20. The Morgan fingerprint density at radius 1 is 1.53 bits per heavy atom. The molecule has 0 atom stereocenters. The lowest BCUT2D eigenvalue weighted by Crippen LogP contribution is -2.15. The first-order valence-corrected chi connectivity index (χ1v) is 6.33. The number of hydrogen-bond acceptors (Lipinski definition) is 7. The fourth-order valence-corrected chi connectivity index (χ4v) is 2.42. The number of amides is 1. The number of aryl methyl sites for hydroxylation is 2. The van der Waals surface area contributed by atoms with Crippen molar-refractivity contribution in [1.29, 1.82) is 0 Å². The molecule has 3 aromatic heterocycles. The minimum atomic E-state index is -0.167. The number of hydrogen-bond donors (Lipinski definition) is 1. The zero-order valence-electron chi connectivity index (χ0n) is 10.2. The van der Waals surface area contributed by atoms with Crippen molar-refractivity contribution in [2.24, 2.45) is 0 Å². The van der Waals surface area contributed by atoms with Gasteiger partial charge in [-0.2, -0.15) is 4.52 Å². The van der Waals surface area contributed by atoms with E-state index in [4.69, 9.17) is 4.52 Å². The standard InChI is InChI=1S/C10H10N6O2S/c1-5-7(6(2)18-15-5)3-8(17)12-9-14-16-4-11-13-10(16)19-9/h4H,3H2,1-2H3,(H,12,14,17). The number of anilines is 1. The Morgan fingerprint density at radius 2 is 2.37 bits per heavy atom. The van der Waals surface area contributed by atoms with Gasteiger partial charge < -0.3 is 9.84 Å². The van der Waals surface area contributed by atoms with Gasteiger partial charge in [0.25, 0.3) is 0 Å². The van der Waals surface area contributed by atoms with Crippen molar-refractivity contribution in [3.63, 3.8) is 0 Å². The molecule has 1 N–H and O–H groups in total. The first-order chi connectivity index (χ1) is 9.13. The summed E-state index contributed by atoms with van der Waals surface area (Å²) in [6.07, 6.45) is 1.69. The fraction of sp³-hybridized carbons (Fsp3) is 0.300. The number of fused-ring (bicyclic) bond motifs is 1. The minimum Gasteiger partial charge on any atom is -0.361 e. The predicted octanol–water partition coefficient (Wildman–Crippen LogP) is 0.972. The molecular formula is C10H10N6O2S. The van der Waals surface area contributed by atoms with Gasteiger partial charge in [0.1, 0.15) is 12.1 Å². The molecule has 0 fully saturated rings. The summed E-state index contributed by atoms with van der Waals surface area (Å²) in [6.45, 7) is 3.59. The quantitative estimate of drug-likeness (QED) is 0.766. The summed E-state index contributed by atoms with van der Waals surface area (Å²) < 4.78 is 6.53. The topological polar surface area (TPSA) is 98.2 Å². The molecule has 0 aliphatic heterocycles. The van der Waals surface area contributed by atoms with Gasteiger partial charge >= 0.3 is 0 Å². The van der Waals surface area contributed by atoms with Crippen LogP contribution in [-0.4, -0.2) is 30.9 Å². The smallest absolute Gasteiger partial charge is 0.236 e. The van der Waals surface area contributed by atoms with E-state index < -0.39 is 0 Å². The number of carbonyl (C=O) groups excluding carboxylic acids is 1. The highest BCUT2D eigenvalue weighted by Gasteiger charge is 2.15. The van der Waals surface area contributed by atoms with Crippen LogP contribution in [0.4, 0.5) is 5.13 Å². The van der Waals surface area contributed by atoms with Crippen molar-refractivity contribution in [3.8, 4) is 0 Å². The summed E-state index contributed by atoms with van der Waals surface area (Å²) in [6, 6.07) is 0. The van der Waals surface area contributed by atoms with Crippen molar-refractivity contribution >= 4 is 27.3 Å². The van der Waals surface area contributed by atoms with Crippen LogP contribution in [0.1, 0.15) is 17.0 Å². The van der Waals surface area contributed by atoms with Gasteiger partial charge in [0.2, 0.25) is 16.0 Å². The van der Waals surface area contributed by atoms with Crippen LogP contribution in [0.3, 0.4) is 0 Å². The molecular weight excluding hydrogens is 268 g/mol. The molecule has 1 amide bonds. The van der Waals surface area contributed by atoms with E-state index in [-0.39, 0.29) is 12.3 Å². The molecule has 0 bridgehead atoms. The zero-order valence-corrected chi connectivity index (χ0v) is 11.1. The maximum absolute atomic E-state index is 11.9. The molecule has 0 aliphatic rings. The molecule has 19 heavy (non-hydrogen) atoms. The average Bonchev–Trinajstić information content (AvgIpc) is 2.99. The van der Waals surface area contributed by atoms with Crippen LogP contribution in [0.5, 0.6) is 0 Å². The molecule has 8 nitrogen and oxygen atoms in total. The first kappa shape index (κ1) is 11.8. The maximum atomic E-state index is 11.9. The third-order valence-electron chi connectivity index (χ3n) is 2.65. The first-order valence-electron chi connectivity index (χ1n) is 5.52. The molecule has 0 radical (unpaired) electrons. The lowest BCUT2D eigenvalue weighted by molar-refractivity contribution is -0.115. The van der Waals surface area contributed by atoms with E-state index in [9.17, 15) is 4.79 Å². The maximum Gasteiger partial charge on any atom is 0.236 e. The van der Waals surface area contributed by atoms with Crippen LogP contribution < -0.4 is 5.32 Å². The van der Waals surface area contributed by atoms with Crippen LogP contribution in [-0.2, 0) is 11.2 Å². The lowest BCUT2D eigenvalue weighted by Gasteiger charge is -2.00. The normalized spacial score (nSPS) is 11.1. The molecule has 3 aromatic rings. The molecule has 0 saturated carbocycles. The number of aromatic nitrogens is 5. The summed E-state index contributed by atoms with van der Waals surface area (Å²) in [4.78, 5) is 12.6. The zero-order chi connectivity index (χ0) is 13.4. The molecule has 0 saturated heterocycles. The van der Waals surface area contributed by atoms with Crippen molar-refractivity contribution in [2.45, 2.75) is 20.3 Å². The van der Waals surface area contributed by atoms with Gasteiger partial charge in [-0.05, 0) is 13.8 Å². The fourth-order valence-electron chi connectivity index (χ4n) is 1.69. The van der Waals surface area contributed by atoms with E-state index in [0.717, 1.165) is 11.3 Å². The van der Waals surface area contributed by atoms with Crippen molar-refractivity contribution < 1.29 is 9.32 Å². The van der Waals surface area contributed by atoms with E-state index in [2.05, 4.69) is 25.8 Å². The largest absolute Gasteiger partial charge is 0.361 e. The van der Waals surface area contributed by atoms with Gasteiger partial charge in [-0.3, -0.25) is 4.79 Å². The average molecular weight is 278 g/mol. The van der Waals surface area contributed by atoms with Crippen LogP contribution in [0.25, 0.3) is 4.96 Å². The Labute approximate surface area is 111 Å². The molecule has 3 heterocycles. The van der Waals surface area contributed by atoms with Crippen molar-refractivity contribution in [2.75, 3.05) is 5.32 Å². The molecule has 9 heteroatoms. The van der Waals surface area contributed by atoms with Gasteiger partial charge in [0.05, 0.1) is 12.1 Å². The summed E-state index contributed by atoms with van der Waals surface area (Å²) in [5.41, 5.74) is 1.53. The van der Waals surface area contributed by atoms with E-state index in [1.54, 1.807) is 6.92 Å². The molecule has 98 valence electrons. The van der Waals surface area contributed by atoms with Gasteiger partial charge in [-0.25, -0.2) is 0 Å². The van der Waals surface area contributed by atoms with Crippen LogP contribution in [0.2, 0.25) is 0 Å². The van der Waals surface area contributed by atoms with Crippen LogP contribution in [0.15, 0.2) is 10.9 Å². The van der Waals surface area contributed by atoms with Gasteiger partial charge in [0, 0.05) is 5.56 Å². The molecule has 3 rings (SSSR count). The number of carbonyl (C=O) groups is 1. The van der Waals surface area contributed by atoms with Gasteiger partial charge in [-0.15, -0.1) is 15.3 Å². The summed E-state index contributed by atoms with van der Waals surface area (Å²) in [7, 11) is 0. The van der Waals surface area contributed by atoms with E-state index in [1.165, 1.54) is 22.2 Å². The Balaban J connectivity index is 1.73. The molecule has 0 aromatic carbocycles. The number of nitrogens with zero attached hydrogens (tertiary/aromatic N) is 5. The summed E-state index contributed by atoms with van der Waals surface area (Å²) >= 11 is 1.26.